The number of carbonyl (C=O) groups is 2. The Kier molecular flexibility index (Phi) is 8.74. The van der Waals surface area contributed by atoms with Crippen LogP contribution in [-0.4, -0.2) is 23.0 Å². The molecule has 0 aliphatic heterocycles. The SMILES string of the molecule is O=C(C=Cc1cccc(-c2ccc(Cl)cc2)c1)N[C@@H](Cc1ccc(OCc2ccccc2)cc1)C(=O)O. The summed E-state index contributed by atoms with van der Waals surface area (Å²) in [6.45, 7) is 0.447. The Bertz CT molecular complexity index is 1370. The highest BCUT2D eigenvalue weighted by atomic mass is 35.5. The predicted molar refractivity (Wildman–Crippen MR) is 146 cm³/mol. The van der Waals surface area contributed by atoms with Gasteiger partial charge in [-0.25, -0.2) is 4.79 Å². The molecule has 5 nitrogen and oxygen atoms in total. The standard InChI is InChI=1S/C31H26ClNO4/c32-27-14-12-25(13-15-27)26-8-4-7-22(19-26)11-18-30(34)33-29(31(35)36)20-23-9-16-28(17-10-23)37-21-24-5-2-1-3-6-24/h1-19,29H,20-21H2,(H,33,34)(H,35,36)/t29-/m0/s1. The maximum absolute atomic E-state index is 12.5. The Morgan fingerprint density at radius 2 is 1.57 bits per heavy atom. The third kappa shape index (κ3) is 7.82. The molecule has 1 atom stereocenters. The van der Waals surface area contributed by atoms with Crippen molar-refractivity contribution in [2.45, 2.75) is 19.1 Å². The molecule has 0 fully saturated rings. The number of carboxylic acids is 1. The molecule has 0 aliphatic carbocycles. The second kappa shape index (κ2) is 12.6. The summed E-state index contributed by atoms with van der Waals surface area (Å²) in [5, 5.41) is 12.9. The number of amides is 1. The molecule has 0 saturated heterocycles. The Morgan fingerprint density at radius 3 is 2.27 bits per heavy atom. The van der Waals surface area contributed by atoms with Crippen molar-refractivity contribution in [1.29, 1.82) is 0 Å². The zero-order valence-corrected chi connectivity index (χ0v) is 20.8. The summed E-state index contributed by atoms with van der Waals surface area (Å²) in [6, 6.07) is 31.2. The van der Waals surface area contributed by atoms with Crippen LogP contribution in [0, 0.1) is 0 Å². The maximum atomic E-state index is 12.5. The fourth-order valence-electron chi connectivity index (χ4n) is 3.75. The summed E-state index contributed by atoms with van der Waals surface area (Å²) in [7, 11) is 0. The van der Waals surface area contributed by atoms with E-state index in [4.69, 9.17) is 16.3 Å². The van der Waals surface area contributed by atoms with E-state index < -0.39 is 17.9 Å². The van der Waals surface area contributed by atoms with Crippen LogP contribution in [0.4, 0.5) is 0 Å². The topological polar surface area (TPSA) is 75.6 Å². The molecule has 0 aliphatic rings. The molecule has 0 aromatic heterocycles. The van der Waals surface area contributed by atoms with E-state index in [-0.39, 0.29) is 6.42 Å². The van der Waals surface area contributed by atoms with Gasteiger partial charge in [-0.15, -0.1) is 0 Å². The third-order valence-corrected chi connectivity index (χ3v) is 5.97. The van der Waals surface area contributed by atoms with Gasteiger partial charge in [-0.1, -0.05) is 84.4 Å². The molecule has 4 aromatic rings. The average molecular weight is 512 g/mol. The minimum Gasteiger partial charge on any atom is -0.489 e. The first-order chi connectivity index (χ1) is 18.0. The second-order valence-corrected chi connectivity index (χ2v) is 8.92. The number of halogens is 1. The van der Waals surface area contributed by atoms with E-state index in [1.807, 2.05) is 78.9 Å². The molecule has 0 heterocycles. The van der Waals surface area contributed by atoms with Gasteiger partial charge in [-0.3, -0.25) is 4.79 Å². The van der Waals surface area contributed by atoms with Crippen molar-refractivity contribution in [2.24, 2.45) is 0 Å². The minimum atomic E-state index is -1.10. The van der Waals surface area contributed by atoms with E-state index in [1.54, 1.807) is 30.3 Å². The number of hydrogen-bond donors (Lipinski definition) is 2. The van der Waals surface area contributed by atoms with Gasteiger partial charge in [0.1, 0.15) is 18.4 Å². The minimum absolute atomic E-state index is 0.153. The van der Waals surface area contributed by atoms with Gasteiger partial charge in [-0.05, 0) is 64.2 Å². The first-order valence-corrected chi connectivity index (χ1v) is 12.2. The van der Waals surface area contributed by atoms with E-state index in [2.05, 4.69) is 5.32 Å². The van der Waals surface area contributed by atoms with Crippen molar-refractivity contribution >= 4 is 29.6 Å². The third-order valence-electron chi connectivity index (χ3n) is 5.72. The molecule has 0 radical (unpaired) electrons. The highest BCUT2D eigenvalue weighted by Gasteiger charge is 2.19. The van der Waals surface area contributed by atoms with Crippen LogP contribution >= 0.6 is 11.6 Å². The molecular formula is C31H26ClNO4. The Hall–Kier alpha value is -4.35. The van der Waals surface area contributed by atoms with Crippen LogP contribution < -0.4 is 10.1 Å². The molecule has 0 bridgehead atoms. The number of carbonyl (C=O) groups excluding carboxylic acids is 1. The second-order valence-electron chi connectivity index (χ2n) is 8.49. The van der Waals surface area contributed by atoms with Gasteiger partial charge in [0.25, 0.3) is 0 Å². The monoisotopic (exact) mass is 511 g/mol. The highest BCUT2D eigenvalue weighted by molar-refractivity contribution is 6.30. The number of rotatable bonds is 10. The van der Waals surface area contributed by atoms with E-state index in [9.17, 15) is 14.7 Å². The summed E-state index contributed by atoms with van der Waals surface area (Å²) < 4.78 is 5.78. The summed E-state index contributed by atoms with van der Waals surface area (Å²) in [6.07, 6.45) is 3.16. The van der Waals surface area contributed by atoms with Crippen LogP contribution in [0.5, 0.6) is 5.75 Å². The van der Waals surface area contributed by atoms with Gasteiger partial charge in [0.2, 0.25) is 5.91 Å². The van der Waals surface area contributed by atoms with Crippen LogP contribution in [0.2, 0.25) is 5.02 Å². The van der Waals surface area contributed by atoms with Crippen molar-refractivity contribution in [3.63, 3.8) is 0 Å². The van der Waals surface area contributed by atoms with E-state index >= 15 is 0 Å². The average Bonchev–Trinajstić information content (AvgIpc) is 2.92. The Balaban J connectivity index is 1.34. The zero-order valence-electron chi connectivity index (χ0n) is 20.0. The fraction of sp³-hybridized carbons (Fsp3) is 0.0968. The van der Waals surface area contributed by atoms with Gasteiger partial charge in [0.05, 0.1) is 0 Å². The van der Waals surface area contributed by atoms with Crippen molar-refractivity contribution in [2.75, 3.05) is 0 Å². The van der Waals surface area contributed by atoms with Crippen molar-refractivity contribution in [3.05, 3.63) is 131 Å². The van der Waals surface area contributed by atoms with E-state index in [0.29, 0.717) is 17.4 Å². The van der Waals surface area contributed by atoms with Crippen LogP contribution in [-0.2, 0) is 22.6 Å². The molecule has 1 amide bonds. The molecular weight excluding hydrogens is 486 g/mol. The molecule has 37 heavy (non-hydrogen) atoms. The van der Waals surface area contributed by atoms with E-state index in [1.165, 1.54) is 6.08 Å². The summed E-state index contributed by atoms with van der Waals surface area (Å²) in [5.74, 6) is -0.893. The van der Waals surface area contributed by atoms with Gasteiger partial charge >= 0.3 is 5.97 Å². The summed E-state index contributed by atoms with van der Waals surface area (Å²) >= 11 is 5.97. The smallest absolute Gasteiger partial charge is 0.326 e. The predicted octanol–water partition coefficient (Wildman–Crippen LogP) is 6.41. The number of ether oxygens (including phenoxy) is 1. The lowest BCUT2D eigenvalue weighted by Gasteiger charge is -2.14. The summed E-state index contributed by atoms with van der Waals surface area (Å²) in [4.78, 5) is 24.3. The van der Waals surface area contributed by atoms with Crippen LogP contribution in [0.25, 0.3) is 17.2 Å². The lowest BCUT2D eigenvalue weighted by molar-refractivity contribution is -0.141. The molecule has 186 valence electrons. The summed E-state index contributed by atoms with van der Waals surface area (Å²) in [5.41, 5.74) is 4.65. The molecule has 4 aromatic carbocycles. The number of hydrogen-bond acceptors (Lipinski definition) is 3. The van der Waals surface area contributed by atoms with Gasteiger partial charge in [-0.2, -0.15) is 0 Å². The number of carboxylic acid groups (broad SMARTS) is 1. The zero-order chi connectivity index (χ0) is 26.0. The number of nitrogens with one attached hydrogen (secondary N) is 1. The lowest BCUT2D eigenvalue weighted by atomic mass is 10.0. The fourth-order valence-corrected chi connectivity index (χ4v) is 3.88. The number of aliphatic carboxylic acids is 1. The van der Waals surface area contributed by atoms with Crippen LogP contribution in [0.1, 0.15) is 16.7 Å². The Labute approximate surface area is 221 Å². The Morgan fingerprint density at radius 1 is 0.838 bits per heavy atom. The molecule has 6 heteroatoms. The lowest BCUT2D eigenvalue weighted by Crippen LogP contribution is -2.41. The molecule has 0 unspecified atom stereocenters. The van der Waals surface area contributed by atoms with Gasteiger partial charge in [0.15, 0.2) is 0 Å². The van der Waals surface area contributed by atoms with Crippen molar-refractivity contribution in [3.8, 4) is 16.9 Å². The number of benzene rings is 4. The maximum Gasteiger partial charge on any atom is 0.326 e. The quantitative estimate of drug-likeness (QED) is 0.241. The van der Waals surface area contributed by atoms with Crippen LogP contribution in [0.15, 0.2) is 109 Å². The molecule has 0 spiro atoms. The van der Waals surface area contributed by atoms with Crippen LogP contribution in [0.3, 0.4) is 0 Å². The highest BCUT2D eigenvalue weighted by Crippen LogP contribution is 2.23. The van der Waals surface area contributed by atoms with Gasteiger partial charge < -0.3 is 15.2 Å². The van der Waals surface area contributed by atoms with Crippen molar-refractivity contribution in [1.82, 2.24) is 5.32 Å². The molecule has 4 rings (SSSR count). The van der Waals surface area contributed by atoms with E-state index in [0.717, 1.165) is 27.8 Å². The first kappa shape index (κ1) is 25.7. The first-order valence-electron chi connectivity index (χ1n) is 11.8. The normalized spacial score (nSPS) is 11.7. The largest absolute Gasteiger partial charge is 0.489 e. The molecule has 2 N–H and O–H groups in total. The van der Waals surface area contributed by atoms with Gasteiger partial charge in [0, 0.05) is 17.5 Å². The molecule has 0 saturated carbocycles. The van der Waals surface area contributed by atoms with Crippen molar-refractivity contribution < 1.29 is 19.4 Å².